The minimum absolute atomic E-state index is 0.312. The Kier molecular flexibility index (Phi) is 4.43. The fourth-order valence-electron chi connectivity index (χ4n) is 3.59. The topological polar surface area (TPSA) is 80.3 Å². The molecule has 0 aromatic heterocycles. The summed E-state index contributed by atoms with van der Waals surface area (Å²) in [5, 5.41) is 6.41. The van der Waals surface area contributed by atoms with Gasteiger partial charge in [0.2, 0.25) is 5.96 Å². The molecule has 0 bridgehead atoms. The number of fused-ring (bicyclic) bond motifs is 3. The van der Waals surface area contributed by atoms with Crippen molar-refractivity contribution < 1.29 is 9.59 Å². The van der Waals surface area contributed by atoms with Gasteiger partial charge in [-0.3, -0.25) is 10.1 Å². The monoisotopic (exact) mass is 388 g/mol. The van der Waals surface area contributed by atoms with E-state index >= 15 is 0 Å². The van der Waals surface area contributed by atoms with Crippen LogP contribution in [0.4, 0.5) is 10.5 Å². The van der Waals surface area contributed by atoms with E-state index in [1.54, 1.807) is 7.05 Å². The molecule has 3 aliphatic heterocycles. The smallest absolute Gasteiger partial charge is 0.325 e. The summed E-state index contributed by atoms with van der Waals surface area (Å²) in [5.41, 5.74) is 1.94. The molecule has 1 fully saturated rings. The van der Waals surface area contributed by atoms with Crippen LogP contribution in [-0.4, -0.2) is 64.9 Å². The first-order chi connectivity index (χ1) is 13.0. The number of halogens is 1. The van der Waals surface area contributed by atoms with Gasteiger partial charge in [0.1, 0.15) is 0 Å². The first-order valence-electron chi connectivity index (χ1n) is 8.85. The van der Waals surface area contributed by atoms with Crippen molar-refractivity contribution in [3.8, 4) is 0 Å². The Labute approximate surface area is 162 Å². The molecule has 3 heterocycles. The maximum Gasteiger partial charge on any atom is 0.325 e. The number of nitrogens with zero attached hydrogens (tertiary/aromatic N) is 4. The number of hydrogen-bond donors (Lipinski definition) is 2. The molecule has 0 saturated carbocycles. The molecule has 3 aliphatic rings. The van der Waals surface area contributed by atoms with E-state index < -0.39 is 18.2 Å². The van der Waals surface area contributed by atoms with Crippen molar-refractivity contribution in [2.45, 2.75) is 25.6 Å². The number of carbonyl (C=O) groups is 2. The summed E-state index contributed by atoms with van der Waals surface area (Å²) in [6, 6.07) is 6.72. The number of rotatable bonds is 5. The number of allylic oxidation sites excluding steroid dienone is 1. The number of carbonyl (C=O) groups excluding carboxylic acids is 2. The normalized spacial score (nSPS) is 23.7. The van der Waals surface area contributed by atoms with Crippen LogP contribution in [-0.2, 0) is 4.79 Å². The van der Waals surface area contributed by atoms with Crippen molar-refractivity contribution >= 4 is 35.2 Å². The third-order valence-electron chi connectivity index (χ3n) is 5.02. The summed E-state index contributed by atoms with van der Waals surface area (Å²) in [7, 11) is 1.65. The molecule has 1 aromatic carbocycles. The van der Waals surface area contributed by atoms with Crippen molar-refractivity contribution in [1.82, 2.24) is 20.0 Å². The molecule has 3 amide bonds. The molecule has 2 N–H and O–H groups in total. The third-order valence-corrected chi connectivity index (χ3v) is 5.35. The van der Waals surface area contributed by atoms with Crippen LogP contribution in [0.5, 0.6) is 0 Å². The zero-order chi connectivity index (χ0) is 19.1. The maximum atomic E-state index is 12.3. The molecule has 2 unspecified atom stereocenters. The largest absolute Gasteiger partial charge is 0.384 e. The summed E-state index contributed by atoms with van der Waals surface area (Å²) in [6.07, 6.45) is 2.29. The zero-order valence-corrected chi connectivity index (χ0v) is 15.9. The first-order valence-corrected chi connectivity index (χ1v) is 9.23. The second-order valence-corrected chi connectivity index (χ2v) is 7.19. The van der Waals surface area contributed by atoms with Gasteiger partial charge in [0.05, 0.1) is 10.7 Å². The first kappa shape index (κ1) is 17.7. The third kappa shape index (κ3) is 2.99. The van der Waals surface area contributed by atoms with Crippen molar-refractivity contribution in [1.29, 1.82) is 0 Å². The van der Waals surface area contributed by atoms with Gasteiger partial charge < -0.3 is 20.0 Å². The molecular weight excluding hydrogens is 368 g/mol. The highest BCUT2D eigenvalue weighted by molar-refractivity contribution is 6.33. The number of guanidine groups is 1. The summed E-state index contributed by atoms with van der Waals surface area (Å²) in [4.78, 5) is 34.2. The van der Waals surface area contributed by atoms with Gasteiger partial charge >= 0.3 is 6.03 Å². The summed E-state index contributed by atoms with van der Waals surface area (Å²) in [6.45, 7) is 3.49. The number of aliphatic imine (C=N–C) groups is 1. The number of hydrogen-bond acceptors (Lipinski definition) is 6. The fraction of sp³-hybridized carbons (Fsp3) is 0.389. The number of nitrogens with one attached hydrogen (secondary N) is 2. The standard InChI is InChI=1S/C18H21ClN6O2/c1-11-10-25-14-15(23(2)18(27)22-16(14)26)21-17(25)24(11)9-5-8-20-13-7-4-3-6-12(13)19/h3-4,6-7,10,14-15,20H,5,8-9H2,1-2H3,(H,22,26,27). The molecule has 9 heteroatoms. The number of benzene rings is 1. The summed E-state index contributed by atoms with van der Waals surface area (Å²) in [5.74, 6) is 0.407. The molecule has 0 spiro atoms. The van der Waals surface area contributed by atoms with Gasteiger partial charge in [-0.2, -0.15) is 0 Å². The van der Waals surface area contributed by atoms with Crippen LogP contribution in [0, 0.1) is 0 Å². The van der Waals surface area contributed by atoms with E-state index in [1.807, 2.05) is 42.3 Å². The quantitative estimate of drug-likeness (QED) is 0.753. The van der Waals surface area contributed by atoms with E-state index in [2.05, 4.69) is 20.5 Å². The number of imide groups is 1. The minimum atomic E-state index is -0.510. The molecule has 8 nitrogen and oxygen atoms in total. The maximum absolute atomic E-state index is 12.3. The van der Waals surface area contributed by atoms with Gasteiger partial charge in [-0.25, -0.2) is 9.79 Å². The average molecular weight is 389 g/mol. The Morgan fingerprint density at radius 3 is 2.85 bits per heavy atom. The van der Waals surface area contributed by atoms with E-state index in [-0.39, 0.29) is 5.91 Å². The summed E-state index contributed by atoms with van der Waals surface area (Å²) < 4.78 is 0. The van der Waals surface area contributed by atoms with Crippen LogP contribution >= 0.6 is 11.6 Å². The van der Waals surface area contributed by atoms with Crippen molar-refractivity contribution in [3.63, 3.8) is 0 Å². The number of para-hydroxylation sites is 1. The molecule has 27 heavy (non-hydrogen) atoms. The fourth-order valence-corrected chi connectivity index (χ4v) is 3.79. The van der Waals surface area contributed by atoms with Gasteiger partial charge in [-0.05, 0) is 25.5 Å². The van der Waals surface area contributed by atoms with Gasteiger partial charge in [0.15, 0.2) is 12.2 Å². The molecule has 1 aromatic rings. The molecule has 1 saturated heterocycles. The van der Waals surface area contributed by atoms with Crippen LogP contribution in [0.2, 0.25) is 5.02 Å². The second kappa shape index (κ2) is 6.77. The van der Waals surface area contributed by atoms with E-state index in [0.717, 1.165) is 36.9 Å². The number of amides is 3. The van der Waals surface area contributed by atoms with E-state index in [9.17, 15) is 9.59 Å². The van der Waals surface area contributed by atoms with Gasteiger partial charge in [-0.15, -0.1) is 0 Å². The van der Waals surface area contributed by atoms with Crippen molar-refractivity contribution in [2.75, 3.05) is 25.5 Å². The van der Waals surface area contributed by atoms with Crippen molar-refractivity contribution in [2.24, 2.45) is 4.99 Å². The lowest BCUT2D eigenvalue weighted by Crippen LogP contribution is -2.62. The number of urea groups is 1. The Morgan fingerprint density at radius 1 is 1.30 bits per heavy atom. The van der Waals surface area contributed by atoms with Crippen LogP contribution in [0.3, 0.4) is 0 Å². The highest BCUT2D eigenvalue weighted by Gasteiger charge is 2.51. The van der Waals surface area contributed by atoms with Crippen LogP contribution in [0.1, 0.15) is 13.3 Å². The average Bonchev–Trinajstić information content (AvgIpc) is 3.14. The van der Waals surface area contributed by atoms with Gasteiger partial charge in [-0.1, -0.05) is 23.7 Å². The molecular formula is C18H21ClN6O2. The Bertz CT molecular complexity index is 854. The summed E-state index contributed by atoms with van der Waals surface area (Å²) >= 11 is 6.16. The van der Waals surface area contributed by atoms with Crippen LogP contribution in [0.25, 0.3) is 0 Å². The minimum Gasteiger partial charge on any atom is -0.384 e. The SMILES string of the molecule is CC1=CN2C(=NC3C2C(=O)NC(=O)N3C)N1CCCNc1ccccc1Cl. The van der Waals surface area contributed by atoms with E-state index in [4.69, 9.17) is 11.6 Å². The van der Waals surface area contributed by atoms with Crippen LogP contribution in [0.15, 0.2) is 41.2 Å². The molecule has 0 radical (unpaired) electrons. The lowest BCUT2D eigenvalue weighted by atomic mass is 10.1. The van der Waals surface area contributed by atoms with Gasteiger partial charge in [0.25, 0.3) is 5.91 Å². The van der Waals surface area contributed by atoms with E-state index in [0.29, 0.717) is 5.02 Å². The van der Waals surface area contributed by atoms with Crippen LogP contribution < -0.4 is 10.6 Å². The van der Waals surface area contributed by atoms with E-state index in [1.165, 1.54) is 4.90 Å². The number of likely N-dealkylation sites (N-methyl/N-ethyl adjacent to an activating group) is 1. The predicted octanol–water partition coefficient (Wildman–Crippen LogP) is 1.87. The highest BCUT2D eigenvalue weighted by atomic mass is 35.5. The molecule has 4 rings (SSSR count). The Morgan fingerprint density at radius 2 is 2.07 bits per heavy atom. The molecule has 142 valence electrons. The van der Waals surface area contributed by atoms with Gasteiger partial charge in [0, 0.05) is 32.0 Å². The van der Waals surface area contributed by atoms with Crippen molar-refractivity contribution in [3.05, 3.63) is 41.2 Å². The number of anilines is 1. The molecule has 2 atom stereocenters. The second-order valence-electron chi connectivity index (χ2n) is 6.78. The lowest BCUT2D eigenvalue weighted by molar-refractivity contribution is -0.126. The lowest BCUT2D eigenvalue weighted by Gasteiger charge is -2.34. The Balaban J connectivity index is 1.41. The predicted molar refractivity (Wildman–Crippen MR) is 103 cm³/mol. The Hall–Kier alpha value is -2.74. The zero-order valence-electron chi connectivity index (χ0n) is 15.1. The highest BCUT2D eigenvalue weighted by Crippen LogP contribution is 2.31. The molecule has 0 aliphatic carbocycles.